The molecule has 2 aromatic rings. The van der Waals surface area contributed by atoms with Gasteiger partial charge in [-0.15, -0.1) is 0 Å². The van der Waals surface area contributed by atoms with E-state index in [4.69, 9.17) is 10.5 Å². The molecule has 0 saturated carbocycles. The van der Waals surface area contributed by atoms with E-state index in [1.54, 1.807) is 19.6 Å². The number of nitrogens with zero attached hydrogens (tertiary/aromatic N) is 2. The van der Waals surface area contributed by atoms with Crippen LogP contribution in [0.1, 0.15) is 42.9 Å². The van der Waals surface area contributed by atoms with Gasteiger partial charge in [-0.05, 0) is 49.3 Å². The predicted octanol–water partition coefficient (Wildman–Crippen LogP) is 2.23. The topological polar surface area (TPSA) is 84.2 Å². The van der Waals surface area contributed by atoms with Crippen molar-refractivity contribution in [3.05, 3.63) is 48.0 Å². The summed E-state index contributed by atoms with van der Waals surface area (Å²) in [5, 5.41) is 0. The highest BCUT2D eigenvalue weighted by atomic mass is 16.5. The van der Waals surface area contributed by atoms with Crippen molar-refractivity contribution in [3.8, 4) is 5.75 Å². The summed E-state index contributed by atoms with van der Waals surface area (Å²) in [5.74, 6) is 1.47. The Morgan fingerprint density at radius 1 is 1.31 bits per heavy atom. The molecule has 2 saturated heterocycles. The van der Waals surface area contributed by atoms with E-state index < -0.39 is 6.04 Å². The fraction of sp³-hybridized carbons (Fsp3) is 0.500. The van der Waals surface area contributed by atoms with Gasteiger partial charge in [0.2, 0.25) is 5.91 Å². The van der Waals surface area contributed by atoms with Crippen molar-refractivity contribution >= 4 is 5.91 Å². The Morgan fingerprint density at radius 2 is 2.00 bits per heavy atom. The molecule has 3 heterocycles. The minimum absolute atomic E-state index is 0.0836. The summed E-state index contributed by atoms with van der Waals surface area (Å²) in [6, 6.07) is 8.47. The van der Waals surface area contributed by atoms with E-state index in [0.29, 0.717) is 24.4 Å². The van der Waals surface area contributed by atoms with Crippen molar-refractivity contribution in [2.75, 3.05) is 7.11 Å². The van der Waals surface area contributed by atoms with Gasteiger partial charge in [-0.2, -0.15) is 0 Å². The Morgan fingerprint density at radius 3 is 2.58 bits per heavy atom. The maximum absolute atomic E-state index is 13.0. The molecule has 1 amide bonds. The van der Waals surface area contributed by atoms with Crippen LogP contribution in [0.4, 0.5) is 0 Å². The number of imidazole rings is 1. The summed E-state index contributed by atoms with van der Waals surface area (Å²) in [6.07, 6.45) is 8.07. The number of aromatic amines is 1. The lowest BCUT2D eigenvalue weighted by Crippen LogP contribution is -2.53. The molecule has 2 fully saturated rings. The van der Waals surface area contributed by atoms with Gasteiger partial charge in [0.15, 0.2) is 0 Å². The number of nitrogens with two attached hydrogens (primary N) is 1. The van der Waals surface area contributed by atoms with Crippen LogP contribution in [0.3, 0.4) is 0 Å². The Bertz CT molecular complexity index is 730. The zero-order valence-corrected chi connectivity index (χ0v) is 15.1. The number of fused-ring (bicyclic) bond motifs is 2. The minimum Gasteiger partial charge on any atom is -0.497 e. The molecule has 138 valence electrons. The fourth-order valence-corrected chi connectivity index (χ4v) is 4.60. The summed E-state index contributed by atoms with van der Waals surface area (Å²) in [5.41, 5.74) is 8.47. The van der Waals surface area contributed by atoms with Crippen molar-refractivity contribution in [1.82, 2.24) is 14.9 Å². The van der Waals surface area contributed by atoms with Crippen LogP contribution in [0.2, 0.25) is 0 Å². The first-order valence-corrected chi connectivity index (χ1v) is 9.34. The molecule has 2 bridgehead atoms. The smallest absolute Gasteiger partial charge is 0.240 e. The maximum Gasteiger partial charge on any atom is 0.240 e. The summed E-state index contributed by atoms with van der Waals surface area (Å²) >= 11 is 0. The van der Waals surface area contributed by atoms with Crippen LogP contribution >= 0.6 is 0 Å². The van der Waals surface area contributed by atoms with Gasteiger partial charge in [-0.1, -0.05) is 12.1 Å². The van der Waals surface area contributed by atoms with Crippen LogP contribution in [0.5, 0.6) is 5.75 Å². The summed E-state index contributed by atoms with van der Waals surface area (Å²) in [7, 11) is 1.69. The van der Waals surface area contributed by atoms with Crippen LogP contribution in [0, 0.1) is 0 Å². The number of methoxy groups -OCH3 is 1. The molecule has 3 N–H and O–H groups in total. The van der Waals surface area contributed by atoms with Crippen molar-refractivity contribution in [2.45, 2.75) is 56.1 Å². The quantitative estimate of drug-likeness (QED) is 0.862. The van der Waals surface area contributed by atoms with Gasteiger partial charge in [-0.25, -0.2) is 4.98 Å². The number of aromatic nitrogens is 2. The van der Waals surface area contributed by atoms with E-state index in [-0.39, 0.29) is 5.91 Å². The first kappa shape index (κ1) is 17.1. The molecule has 6 nitrogen and oxygen atoms in total. The first-order chi connectivity index (χ1) is 12.7. The van der Waals surface area contributed by atoms with Crippen LogP contribution in [-0.4, -0.2) is 46.0 Å². The van der Waals surface area contributed by atoms with E-state index in [0.717, 1.165) is 37.1 Å². The second kappa shape index (κ2) is 7.11. The molecule has 1 unspecified atom stereocenters. The van der Waals surface area contributed by atoms with Crippen molar-refractivity contribution in [2.24, 2.45) is 5.73 Å². The fourth-order valence-electron chi connectivity index (χ4n) is 4.60. The second-order valence-electron chi connectivity index (χ2n) is 7.46. The first-order valence-electron chi connectivity index (χ1n) is 9.34. The maximum atomic E-state index is 13.0. The number of amides is 1. The molecule has 26 heavy (non-hydrogen) atoms. The van der Waals surface area contributed by atoms with Crippen LogP contribution < -0.4 is 10.5 Å². The molecule has 4 rings (SSSR count). The van der Waals surface area contributed by atoms with E-state index in [9.17, 15) is 4.79 Å². The molecule has 2 aliphatic heterocycles. The highest BCUT2D eigenvalue weighted by Gasteiger charge is 2.44. The number of carbonyl (C=O) groups excluding carboxylic acids is 1. The SMILES string of the molecule is COc1ccc(C2C[C@H]3CC[C@@H](C2)N3C(=O)[C@@H](N)Cc2cnc[nH]2)cc1. The van der Waals surface area contributed by atoms with E-state index >= 15 is 0 Å². The highest BCUT2D eigenvalue weighted by Crippen LogP contribution is 2.43. The number of hydrogen-bond donors (Lipinski definition) is 2. The number of carbonyl (C=O) groups is 1. The Labute approximate surface area is 153 Å². The lowest BCUT2D eigenvalue weighted by molar-refractivity contribution is -0.137. The third-order valence-electron chi connectivity index (χ3n) is 5.89. The van der Waals surface area contributed by atoms with Crippen molar-refractivity contribution in [1.29, 1.82) is 0 Å². The number of nitrogens with one attached hydrogen (secondary N) is 1. The highest BCUT2D eigenvalue weighted by molar-refractivity contribution is 5.83. The number of ether oxygens (including phenoxy) is 1. The van der Waals surface area contributed by atoms with Crippen LogP contribution in [0.25, 0.3) is 0 Å². The lowest BCUT2D eigenvalue weighted by Gasteiger charge is -2.40. The second-order valence-corrected chi connectivity index (χ2v) is 7.46. The van der Waals surface area contributed by atoms with E-state index in [1.165, 1.54) is 5.56 Å². The molecule has 0 spiro atoms. The standard InChI is InChI=1S/C20H26N4O2/c1-26-18-6-2-13(3-7-18)14-8-16-4-5-17(9-14)24(16)20(25)19(21)10-15-11-22-12-23-15/h2-3,6-7,11-12,14,16-17,19H,4-5,8-10,21H2,1H3,(H,22,23)/t14?,16-,17+,19-/m0/s1. The molecule has 0 aliphatic carbocycles. The molecular formula is C20H26N4O2. The predicted molar refractivity (Wildman–Crippen MR) is 98.9 cm³/mol. The molecule has 4 atom stereocenters. The molecule has 2 aliphatic rings. The third kappa shape index (κ3) is 3.21. The summed E-state index contributed by atoms with van der Waals surface area (Å²) < 4.78 is 5.26. The molecule has 6 heteroatoms. The van der Waals surface area contributed by atoms with E-state index in [2.05, 4.69) is 27.0 Å². The molecule has 0 radical (unpaired) electrons. The van der Waals surface area contributed by atoms with Gasteiger partial charge >= 0.3 is 0 Å². The van der Waals surface area contributed by atoms with E-state index in [1.807, 2.05) is 12.1 Å². The van der Waals surface area contributed by atoms with Crippen LogP contribution in [0.15, 0.2) is 36.8 Å². The van der Waals surface area contributed by atoms with Gasteiger partial charge in [0, 0.05) is 30.4 Å². The van der Waals surface area contributed by atoms with Crippen molar-refractivity contribution in [3.63, 3.8) is 0 Å². The molecular weight excluding hydrogens is 328 g/mol. The number of rotatable bonds is 5. The minimum atomic E-state index is -0.504. The number of piperidine rings is 1. The summed E-state index contributed by atoms with van der Waals surface area (Å²) in [6.45, 7) is 0. The number of hydrogen-bond acceptors (Lipinski definition) is 4. The van der Waals surface area contributed by atoms with Gasteiger partial charge in [-0.3, -0.25) is 4.79 Å². The Kier molecular flexibility index (Phi) is 4.68. The molecule has 1 aromatic carbocycles. The van der Waals surface area contributed by atoms with Gasteiger partial charge in [0.05, 0.1) is 19.5 Å². The zero-order valence-electron chi connectivity index (χ0n) is 15.1. The van der Waals surface area contributed by atoms with Crippen LogP contribution in [-0.2, 0) is 11.2 Å². The average molecular weight is 354 g/mol. The third-order valence-corrected chi connectivity index (χ3v) is 5.89. The Hall–Kier alpha value is -2.34. The Balaban J connectivity index is 1.43. The van der Waals surface area contributed by atoms with Gasteiger partial charge in [0.1, 0.15) is 5.75 Å². The monoisotopic (exact) mass is 354 g/mol. The lowest BCUT2D eigenvalue weighted by atomic mass is 9.84. The van der Waals surface area contributed by atoms with Crippen molar-refractivity contribution < 1.29 is 9.53 Å². The normalized spacial score (nSPS) is 25.9. The number of H-pyrrole nitrogens is 1. The molecule has 1 aromatic heterocycles. The number of benzene rings is 1. The summed E-state index contributed by atoms with van der Waals surface area (Å²) in [4.78, 5) is 22.1. The van der Waals surface area contributed by atoms with Gasteiger partial charge in [0.25, 0.3) is 0 Å². The average Bonchev–Trinajstić information content (AvgIpc) is 3.26. The largest absolute Gasteiger partial charge is 0.497 e. The zero-order chi connectivity index (χ0) is 18.1. The van der Waals surface area contributed by atoms with Gasteiger partial charge < -0.3 is 20.4 Å².